The number of fused-ring (bicyclic) bond motifs is 1. The van der Waals surface area contributed by atoms with Crippen LogP contribution in [0.5, 0.6) is 11.5 Å². The molecule has 7 nitrogen and oxygen atoms in total. The van der Waals surface area contributed by atoms with Gasteiger partial charge in [-0.2, -0.15) is 14.6 Å². The molecule has 0 bridgehead atoms. The number of benzene rings is 1. The molecule has 0 spiro atoms. The molecule has 0 radical (unpaired) electrons. The molecule has 0 unspecified atom stereocenters. The van der Waals surface area contributed by atoms with Crippen LogP contribution in [-0.2, 0) is 6.42 Å². The van der Waals surface area contributed by atoms with Crippen LogP contribution in [0.4, 0.5) is 5.82 Å². The first kappa shape index (κ1) is 15.1. The third-order valence-electron chi connectivity index (χ3n) is 3.40. The van der Waals surface area contributed by atoms with Crippen LogP contribution >= 0.6 is 0 Å². The lowest BCUT2D eigenvalue weighted by Crippen LogP contribution is -2.14. The second-order valence-electron chi connectivity index (χ2n) is 4.91. The number of aromatic nitrogens is 4. The Kier molecular flexibility index (Phi) is 4.56. The smallest absolute Gasteiger partial charge is 0.254 e. The Morgan fingerprint density at radius 3 is 2.70 bits per heavy atom. The Morgan fingerprint density at radius 1 is 1.17 bits per heavy atom. The van der Waals surface area contributed by atoms with Crippen LogP contribution < -0.4 is 14.8 Å². The van der Waals surface area contributed by atoms with Gasteiger partial charge >= 0.3 is 0 Å². The van der Waals surface area contributed by atoms with E-state index < -0.39 is 0 Å². The summed E-state index contributed by atoms with van der Waals surface area (Å²) in [7, 11) is 1.64. The van der Waals surface area contributed by atoms with Crippen LogP contribution in [0.15, 0.2) is 36.7 Å². The molecule has 7 heteroatoms. The third kappa shape index (κ3) is 3.50. The number of hydrogen-bond acceptors (Lipinski definition) is 6. The Balaban J connectivity index is 1.59. The average Bonchev–Trinajstić information content (AvgIpc) is 3.07. The molecule has 3 rings (SSSR count). The van der Waals surface area contributed by atoms with E-state index in [1.54, 1.807) is 11.6 Å². The Morgan fingerprint density at radius 2 is 1.96 bits per heavy atom. The van der Waals surface area contributed by atoms with Gasteiger partial charge in [0, 0.05) is 11.8 Å². The zero-order valence-corrected chi connectivity index (χ0v) is 13.2. The molecule has 1 aromatic carbocycles. The normalized spacial score (nSPS) is 10.7. The molecule has 0 aliphatic rings. The Hall–Kier alpha value is -2.83. The number of hydrogen-bond donors (Lipinski definition) is 1. The quantitative estimate of drug-likeness (QED) is 0.674. The predicted molar refractivity (Wildman–Crippen MR) is 87.1 cm³/mol. The van der Waals surface area contributed by atoms with E-state index in [-0.39, 0.29) is 0 Å². The summed E-state index contributed by atoms with van der Waals surface area (Å²) >= 11 is 0. The van der Waals surface area contributed by atoms with Gasteiger partial charge in [-0.3, -0.25) is 0 Å². The minimum Gasteiger partial charge on any atom is -0.497 e. The molecule has 23 heavy (non-hydrogen) atoms. The molecule has 0 saturated carbocycles. The molecule has 0 aliphatic heterocycles. The molecule has 0 saturated heterocycles. The van der Waals surface area contributed by atoms with Crippen molar-refractivity contribution in [3.63, 3.8) is 0 Å². The molecule has 3 aromatic rings. The van der Waals surface area contributed by atoms with Crippen LogP contribution in [0.25, 0.3) is 5.78 Å². The molecule has 0 fully saturated rings. The average molecular weight is 313 g/mol. The highest BCUT2D eigenvalue weighted by molar-refractivity contribution is 5.45. The summed E-state index contributed by atoms with van der Waals surface area (Å²) in [5, 5.41) is 7.49. The van der Waals surface area contributed by atoms with Crippen LogP contribution in [0.1, 0.15) is 12.6 Å². The molecule has 2 heterocycles. The summed E-state index contributed by atoms with van der Waals surface area (Å²) in [6.07, 6.45) is 2.35. The zero-order chi connectivity index (χ0) is 16.1. The van der Waals surface area contributed by atoms with Gasteiger partial charge in [-0.15, -0.1) is 0 Å². The molecular weight excluding hydrogens is 294 g/mol. The van der Waals surface area contributed by atoms with Gasteiger partial charge in [0.25, 0.3) is 5.78 Å². The Labute approximate surface area is 134 Å². The lowest BCUT2D eigenvalue weighted by molar-refractivity contribution is 0.331. The number of rotatable bonds is 7. The summed E-state index contributed by atoms with van der Waals surface area (Å²) in [5.41, 5.74) is 0.976. The van der Waals surface area contributed by atoms with Crippen molar-refractivity contribution in [2.45, 2.75) is 13.3 Å². The Bertz CT molecular complexity index is 770. The zero-order valence-electron chi connectivity index (χ0n) is 13.2. The lowest BCUT2D eigenvalue weighted by atomic mass is 10.3. The number of nitrogens with one attached hydrogen (secondary N) is 1. The molecule has 2 aromatic heterocycles. The van der Waals surface area contributed by atoms with E-state index in [9.17, 15) is 0 Å². The fourth-order valence-corrected chi connectivity index (χ4v) is 2.19. The monoisotopic (exact) mass is 313 g/mol. The molecule has 1 N–H and O–H groups in total. The lowest BCUT2D eigenvalue weighted by Gasteiger charge is -2.10. The van der Waals surface area contributed by atoms with Gasteiger partial charge < -0.3 is 14.8 Å². The number of ether oxygens (including phenoxy) is 2. The number of nitrogens with zero attached hydrogens (tertiary/aromatic N) is 4. The SMILES string of the molecule is CCc1cc(NCCOc2ccc(OC)cc2)n2ncnc2n1. The highest BCUT2D eigenvalue weighted by Crippen LogP contribution is 2.17. The van der Waals surface area contributed by atoms with Crippen molar-refractivity contribution in [3.8, 4) is 11.5 Å². The number of methoxy groups -OCH3 is 1. The second kappa shape index (κ2) is 6.95. The van der Waals surface area contributed by atoms with Crippen molar-refractivity contribution in [2.75, 3.05) is 25.6 Å². The highest BCUT2D eigenvalue weighted by Gasteiger charge is 2.06. The van der Waals surface area contributed by atoms with Gasteiger partial charge in [0.05, 0.1) is 13.7 Å². The standard InChI is InChI=1S/C16H19N5O2/c1-3-12-10-15(21-16(20-12)18-11-19-21)17-8-9-23-14-6-4-13(22-2)5-7-14/h4-7,10-11,17H,3,8-9H2,1-2H3. The largest absolute Gasteiger partial charge is 0.497 e. The topological polar surface area (TPSA) is 73.6 Å². The molecule has 120 valence electrons. The van der Waals surface area contributed by atoms with Gasteiger partial charge in [0.2, 0.25) is 0 Å². The van der Waals surface area contributed by atoms with E-state index in [2.05, 4.69) is 27.3 Å². The van der Waals surface area contributed by atoms with E-state index in [4.69, 9.17) is 9.47 Å². The summed E-state index contributed by atoms with van der Waals surface area (Å²) in [6, 6.07) is 9.50. The first-order chi connectivity index (χ1) is 11.3. The van der Waals surface area contributed by atoms with Crippen LogP contribution in [0.3, 0.4) is 0 Å². The van der Waals surface area contributed by atoms with Gasteiger partial charge in [0.15, 0.2) is 0 Å². The number of anilines is 1. The molecule has 0 amide bonds. The van der Waals surface area contributed by atoms with E-state index >= 15 is 0 Å². The van der Waals surface area contributed by atoms with Crippen LogP contribution in [-0.4, -0.2) is 39.8 Å². The summed E-state index contributed by atoms with van der Waals surface area (Å²) in [5.74, 6) is 3.08. The molecular formula is C16H19N5O2. The van der Waals surface area contributed by atoms with Crippen LogP contribution in [0, 0.1) is 0 Å². The maximum absolute atomic E-state index is 5.70. The predicted octanol–water partition coefficient (Wildman–Crippen LogP) is 2.19. The van der Waals surface area contributed by atoms with Gasteiger partial charge in [-0.25, -0.2) is 4.98 Å². The fraction of sp³-hybridized carbons (Fsp3) is 0.312. The molecule has 0 atom stereocenters. The van der Waals surface area contributed by atoms with Gasteiger partial charge in [-0.05, 0) is 30.7 Å². The van der Waals surface area contributed by atoms with Crippen molar-refractivity contribution in [3.05, 3.63) is 42.4 Å². The summed E-state index contributed by atoms with van der Waals surface area (Å²) < 4.78 is 12.5. The van der Waals surface area contributed by atoms with Gasteiger partial charge in [-0.1, -0.05) is 6.92 Å². The third-order valence-corrected chi connectivity index (χ3v) is 3.40. The van der Waals surface area contributed by atoms with Crippen molar-refractivity contribution < 1.29 is 9.47 Å². The van der Waals surface area contributed by atoms with Crippen LogP contribution in [0.2, 0.25) is 0 Å². The summed E-state index contributed by atoms with van der Waals surface area (Å²) in [6.45, 7) is 3.24. The highest BCUT2D eigenvalue weighted by atomic mass is 16.5. The number of aryl methyl sites for hydroxylation is 1. The first-order valence-electron chi connectivity index (χ1n) is 7.50. The van der Waals surface area contributed by atoms with Crippen molar-refractivity contribution >= 4 is 11.6 Å². The van der Waals surface area contributed by atoms with Gasteiger partial charge in [0.1, 0.15) is 30.3 Å². The maximum atomic E-state index is 5.70. The summed E-state index contributed by atoms with van der Waals surface area (Å²) in [4.78, 5) is 8.55. The maximum Gasteiger partial charge on any atom is 0.254 e. The van der Waals surface area contributed by atoms with E-state index in [0.29, 0.717) is 18.9 Å². The van der Waals surface area contributed by atoms with Crippen molar-refractivity contribution in [1.29, 1.82) is 0 Å². The molecule has 0 aliphatic carbocycles. The van der Waals surface area contributed by atoms with E-state index in [0.717, 1.165) is 29.4 Å². The van der Waals surface area contributed by atoms with Crippen molar-refractivity contribution in [1.82, 2.24) is 19.6 Å². The minimum absolute atomic E-state index is 0.534. The minimum atomic E-state index is 0.534. The van der Waals surface area contributed by atoms with Crippen molar-refractivity contribution in [2.24, 2.45) is 0 Å². The van der Waals surface area contributed by atoms with E-state index in [1.165, 1.54) is 6.33 Å². The second-order valence-corrected chi connectivity index (χ2v) is 4.91. The fourth-order valence-electron chi connectivity index (χ4n) is 2.19. The first-order valence-corrected chi connectivity index (χ1v) is 7.50. The van der Waals surface area contributed by atoms with E-state index in [1.807, 2.05) is 30.3 Å².